The third-order valence-corrected chi connectivity index (χ3v) is 2.58. The molecular formula is C11H21N3O2. The average Bonchev–Trinajstić information content (AvgIpc) is 2.66. The van der Waals surface area contributed by atoms with Gasteiger partial charge in [0, 0.05) is 40.1 Å². The van der Waals surface area contributed by atoms with Gasteiger partial charge < -0.3 is 19.4 Å². The van der Waals surface area contributed by atoms with Gasteiger partial charge in [-0.2, -0.15) is 0 Å². The van der Waals surface area contributed by atoms with Gasteiger partial charge in [-0.15, -0.1) is 0 Å². The Bertz CT molecular complexity index is 297. The predicted molar refractivity (Wildman–Crippen MR) is 62.2 cm³/mol. The third kappa shape index (κ3) is 3.30. The highest BCUT2D eigenvalue weighted by Gasteiger charge is 2.21. The van der Waals surface area contributed by atoms with Crippen LogP contribution in [0.3, 0.4) is 0 Å². The van der Waals surface area contributed by atoms with Crippen LogP contribution in [0.25, 0.3) is 0 Å². The average molecular weight is 227 g/mol. The van der Waals surface area contributed by atoms with Crippen LogP contribution in [-0.2, 0) is 22.9 Å². The summed E-state index contributed by atoms with van der Waals surface area (Å²) < 4.78 is 12.6. The minimum atomic E-state index is -0.253. The van der Waals surface area contributed by atoms with Crippen LogP contribution in [0.1, 0.15) is 12.7 Å². The van der Waals surface area contributed by atoms with Gasteiger partial charge in [-0.3, -0.25) is 0 Å². The van der Waals surface area contributed by atoms with E-state index < -0.39 is 0 Å². The van der Waals surface area contributed by atoms with Crippen molar-refractivity contribution in [1.29, 1.82) is 0 Å². The summed E-state index contributed by atoms with van der Waals surface area (Å²) in [5.74, 6) is 1.02. The summed E-state index contributed by atoms with van der Waals surface area (Å²) in [7, 11) is 5.29. The van der Waals surface area contributed by atoms with E-state index in [0.29, 0.717) is 0 Å². The summed E-state index contributed by atoms with van der Waals surface area (Å²) in [5.41, 5.74) is 0. The maximum atomic E-state index is 5.28. The van der Waals surface area contributed by atoms with Crippen LogP contribution in [0.15, 0.2) is 12.4 Å². The summed E-state index contributed by atoms with van der Waals surface area (Å²) in [6, 6.07) is 0.112. The summed E-state index contributed by atoms with van der Waals surface area (Å²) in [6.07, 6.45) is 4.26. The van der Waals surface area contributed by atoms with Gasteiger partial charge >= 0.3 is 0 Å². The van der Waals surface area contributed by atoms with E-state index in [2.05, 4.69) is 17.2 Å². The van der Waals surface area contributed by atoms with Crippen molar-refractivity contribution >= 4 is 0 Å². The van der Waals surface area contributed by atoms with E-state index in [1.54, 1.807) is 20.4 Å². The topological polar surface area (TPSA) is 48.3 Å². The van der Waals surface area contributed by atoms with Crippen molar-refractivity contribution in [2.45, 2.75) is 25.7 Å². The Morgan fingerprint density at radius 2 is 2.12 bits per heavy atom. The Hall–Kier alpha value is -0.910. The Morgan fingerprint density at radius 3 is 2.56 bits per heavy atom. The number of nitrogens with one attached hydrogen (secondary N) is 1. The Balaban J connectivity index is 2.67. The number of methoxy groups -OCH3 is 2. The van der Waals surface area contributed by atoms with Crippen molar-refractivity contribution < 1.29 is 9.47 Å². The SMILES string of the molecule is CCNC(Cc1nccn1C)C(OC)OC. The maximum absolute atomic E-state index is 5.28. The molecule has 1 aromatic heterocycles. The number of likely N-dealkylation sites (N-methyl/N-ethyl adjacent to an activating group) is 1. The highest BCUT2D eigenvalue weighted by molar-refractivity contribution is 4.95. The van der Waals surface area contributed by atoms with Gasteiger partial charge in [0.05, 0.1) is 6.04 Å². The van der Waals surface area contributed by atoms with E-state index in [1.165, 1.54) is 0 Å². The van der Waals surface area contributed by atoms with Crippen molar-refractivity contribution in [2.75, 3.05) is 20.8 Å². The minimum absolute atomic E-state index is 0.112. The zero-order valence-electron chi connectivity index (χ0n) is 10.4. The smallest absolute Gasteiger partial charge is 0.172 e. The van der Waals surface area contributed by atoms with Gasteiger partial charge in [0.2, 0.25) is 0 Å². The Labute approximate surface area is 96.8 Å². The van der Waals surface area contributed by atoms with Crippen LogP contribution in [0.5, 0.6) is 0 Å². The molecule has 1 atom stereocenters. The number of nitrogens with zero attached hydrogens (tertiary/aromatic N) is 2. The molecule has 16 heavy (non-hydrogen) atoms. The van der Waals surface area contributed by atoms with Gasteiger partial charge in [0.25, 0.3) is 0 Å². The number of imidazole rings is 1. The fraction of sp³-hybridized carbons (Fsp3) is 0.727. The second-order valence-electron chi connectivity index (χ2n) is 3.66. The highest BCUT2D eigenvalue weighted by Crippen LogP contribution is 2.07. The monoisotopic (exact) mass is 227 g/mol. The van der Waals surface area contributed by atoms with Crippen LogP contribution < -0.4 is 5.32 Å². The molecule has 0 amide bonds. The zero-order valence-corrected chi connectivity index (χ0v) is 10.4. The second-order valence-corrected chi connectivity index (χ2v) is 3.66. The van der Waals surface area contributed by atoms with Crippen molar-refractivity contribution in [3.8, 4) is 0 Å². The first-order valence-electron chi connectivity index (χ1n) is 5.48. The third-order valence-electron chi connectivity index (χ3n) is 2.58. The van der Waals surface area contributed by atoms with Gasteiger partial charge in [0.15, 0.2) is 6.29 Å². The molecule has 0 aromatic carbocycles. The molecule has 0 aliphatic rings. The normalized spacial score (nSPS) is 13.3. The summed E-state index contributed by atoms with van der Waals surface area (Å²) in [4.78, 5) is 4.30. The maximum Gasteiger partial charge on any atom is 0.172 e. The molecule has 1 unspecified atom stereocenters. The number of ether oxygens (including phenoxy) is 2. The lowest BCUT2D eigenvalue weighted by Gasteiger charge is -2.25. The number of rotatable bonds is 7. The molecule has 0 aliphatic heterocycles. The first-order valence-corrected chi connectivity index (χ1v) is 5.48. The van der Waals surface area contributed by atoms with E-state index >= 15 is 0 Å². The van der Waals surface area contributed by atoms with Crippen LogP contribution in [0, 0.1) is 0 Å². The Kier molecular flexibility index (Phi) is 5.45. The molecule has 0 bridgehead atoms. The van der Waals surface area contributed by atoms with Gasteiger partial charge in [-0.25, -0.2) is 4.98 Å². The van der Waals surface area contributed by atoms with E-state index in [0.717, 1.165) is 18.8 Å². The molecule has 0 saturated carbocycles. The molecule has 5 heteroatoms. The van der Waals surface area contributed by atoms with E-state index in [4.69, 9.17) is 9.47 Å². The van der Waals surface area contributed by atoms with Crippen molar-refractivity contribution in [1.82, 2.24) is 14.9 Å². The molecule has 5 nitrogen and oxygen atoms in total. The fourth-order valence-corrected chi connectivity index (χ4v) is 1.74. The van der Waals surface area contributed by atoms with Gasteiger partial charge in [0.1, 0.15) is 5.82 Å². The second kappa shape index (κ2) is 6.62. The molecule has 0 saturated heterocycles. The first-order chi connectivity index (χ1) is 7.72. The lowest BCUT2D eigenvalue weighted by Crippen LogP contribution is -2.44. The molecule has 1 rings (SSSR count). The number of hydrogen-bond acceptors (Lipinski definition) is 4. The minimum Gasteiger partial charge on any atom is -0.354 e. The van der Waals surface area contributed by atoms with Crippen LogP contribution in [0.4, 0.5) is 0 Å². The number of hydrogen-bond donors (Lipinski definition) is 1. The summed E-state index contributed by atoms with van der Waals surface area (Å²) in [6.45, 7) is 2.94. The number of aryl methyl sites for hydroxylation is 1. The lowest BCUT2D eigenvalue weighted by molar-refractivity contribution is -0.122. The van der Waals surface area contributed by atoms with E-state index in [-0.39, 0.29) is 12.3 Å². The van der Waals surface area contributed by atoms with E-state index in [1.807, 2.05) is 17.8 Å². The lowest BCUT2D eigenvalue weighted by atomic mass is 10.2. The largest absolute Gasteiger partial charge is 0.354 e. The standard InChI is InChI=1S/C11H21N3O2/c1-5-12-9(11(15-3)16-4)8-10-13-6-7-14(10)2/h6-7,9,11-12H,5,8H2,1-4H3. The number of aromatic nitrogens is 2. The van der Waals surface area contributed by atoms with Crippen molar-refractivity contribution in [2.24, 2.45) is 7.05 Å². The summed E-state index contributed by atoms with van der Waals surface area (Å²) in [5, 5.41) is 3.35. The predicted octanol–water partition coefficient (Wildman–Crippen LogP) is 0.560. The van der Waals surface area contributed by atoms with Crippen LogP contribution in [0.2, 0.25) is 0 Å². The van der Waals surface area contributed by atoms with Gasteiger partial charge in [-0.1, -0.05) is 6.92 Å². The molecule has 1 heterocycles. The zero-order chi connectivity index (χ0) is 12.0. The quantitative estimate of drug-likeness (QED) is 0.691. The molecule has 1 aromatic rings. The molecule has 0 aliphatic carbocycles. The van der Waals surface area contributed by atoms with Crippen LogP contribution >= 0.6 is 0 Å². The molecule has 0 spiro atoms. The van der Waals surface area contributed by atoms with E-state index in [9.17, 15) is 0 Å². The Morgan fingerprint density at radius 1 is 1.44 bits per heavy atom. The fourth-order valence-electron chi connectivity index (χ4n) is 1.74. The molecule has 92 valence electrons. The molecule has 1 N–H and O–H groups in total. The first kappa shape index (κ1) is 13.2. The van der Waals surface area contributed by atoms with Gasteiger partial charge in [-0.05, 0) is 6.54 Å². The van der Waals surface area contributed by atoms with Crippen LogP contribution in [-0.4, -0.2) is 42.6 Å². The molecule has 0 radical (unpaired) electrons. The highest BCUT2D eigenvalue weighted by atomic mass is 16.7. The molecular weight excluding hydrogens is 206 g/mol. The summed E-state index contributed by atoms with van der Waals surface area (Å²) >= 11 is 0. The molecule has 0 fully saturated rings. The van der Waals surface area contributed by atoms with Crippen molar-refractivity contribution in [3.63, 3.8) is 0 Å². The van der Waals surface area contributed by atoms with Crippen molar-refractivity contribution in [3.05, 3.63) is 18.2 Å².